The summed E-state index contributed by atoms with van der Waals surface area (Å²) in [6, 6.07) is 0.537. The zero-order valence-electron chi connectivity index (χ0n) is 10.9. The summed E-state index contributed by atoms with van der Waals surface area (Å²) in [7, 11) is 2.06. The fourth-order valence-corrected chi connectivity index (χ4v) is 3.72. The smallest absolute Gasteiger partial charge is 0.187 e. The third kappa shape index (κ3) is 2.86. The number of anilines is 1. The number of aromatic nitrogens is 1. The maximum Gasteiger partial charge on any atom is 0.187 e. The molecule has 0 bridgehead atoms. The van der Waals surface area contributed by atoms with Crippen molar-refractivity contribution in [2.45, 2.75) is 45.1 Å². The summed E-state index contributed by atoms with van der Waals surface area (Å²) in [5.74, 6) is 0.889. The maximum absolute atomic E-state index is 10.8. The van der Waals surface area contributed by atoms with Crippen LogP contribution in [-0.4, -0.2) is 24.4 Å². The average molecular weight is 287 g/mol. The van der Waals surface area contributed by atoms with Crippen LogP contribution in [-0.2, 0) is 0 Å². The number of nitrogens with zero attached hydrogens (tertiary/aromatic N) is 2. The van der Waals surface area contributed by atoms with E-state index in [2.05, 4.69) is 23.9 Å². The molecule has 0 aliphatic heterocycles. The molecule has 0 saturated heterocycles. The van der Waals surface area contributed by atoms with E-state index in [1.165, 1.54) is 43.4 Å². The standard InChI is InChI=1S/C13H19ClN2OS/c1-3-9-4-6-10(7-5-9)16(2)13-15-12(14)11(8-17)18-13/h8-10H,3-7H2,1-2H3. The van der Waals surface area contributed by atoms with Crippen LogP contribution in [0.15, 0.2) is 0 Å². The van der Waals surface area contributed by atoms with Crippen molar-refractivity contribution in [1.29, 1.82) is 0 Å². The normalized spacial score (nSPS) is 23.9. The van der Waals surface area contributed by atoms with Gasteiger partial charge in [0.1, 0.15) is 4.88 Å². The summed E-state index contributed by atoms with van der Waals surface area (Å²) < 4.78 is 0. The zero-order chi connectivity index (χ0) is 13.1. The summed E-state index contributed by atoms with van der Waals surface area (Å²) in [4.78, 5) is 17.8. The Hall–Kier alpha value is -0.610. The topological polar surface area (TPSA) is 33.2 Å². The van der Waals surface area contributed by atoms with Gasteiger partial charge in [0.15, 0.2) is 16.6 Å². The molecule has 1 aromatic heterocycles. The van der Waals surface area contributed by atoms with E-state index in [-0.39, 0.29) is 0 Å². The van der Waals surface area contributed by atoms with Gasteiger partial charge in [-0.05, 0) is 31.6 Å². The first-order valence-corrected chi connectivity index (χ1v) is 7.69. The van der Waals surface area contributed by atoms with Crippen LogP contribution in [0.2, 0.25) is 5.15 Å². The van der Waals surface area contributed by atoms with E-state index >= 15 is 0 Å². The van der Waals surface area contributed by atoms with Crippen LogP contribution in [0.3, 0.4) is 0 Å². The van der Waals surface area contributed by atoms with Crippen molar-refractivity contribution in [3.8, 4) is 0 Å². The minimum atomic E-state index is 0.332. The van der Waals surface area contributed by atoms with Gasteiger partial charge >= 0.3 is 0 Å². The average Bonchev–Trinajstić information content (AvgIpc) is 2.79. The van der Waals surface area contributed by atoms with E-state index in [0.29, 0.717) is 16.1 Å². The van der Waals surface area contributed by atoms with Crippen molar-refractivity contribution >= 4 is 34.4 Å². The van der Waals surface area contributed by atoms with Crippen molar-refractivity contribution in [1.82, 2.24) is 4.98 Å². The van der Waals surface area contributed by atoms with E-state index < -0.39 is 0 Å². The molecule has 0 amide bonds. The maximum atomic E-state index is 10.8. The predicted octanol–water partition coefficient (Wildman–Crippen LogP) is 4.01. The van der Waals surface area contributed by atoms with Gasteiger partial charge in [-0.2, -0.15) is 0 Å². The van der Waals surface area contributed by atoms with Gasteiger partial charge < -0.3 is 4.90 Å². The van der Waals surface area contributed by atoms with Gasteiger partial charge in [-0.1, -0.05) is 36.3 Å². The molecule has 0 unspecified atom stereocenters. The molecular weight excluding hydrogens is 268 g/mol. The Kier molecular flexibility index (Phi) is 4.62. The summed E-state index contributed by atoms with van der Waals surface area (Å²) >= 11 is 7.30. The van der Waals surface area contributed by atoms with Crippen LogP contribution in [0, 0.1) is 5.92 Å². The minimum Gasteiger partial charge on any atom is -0.348 e. The first-order chi connectivity index (χ1) is 8.65. The molecule has 0 radical (unpaired) electrons. The highest BCUT2D eigenvalue weighted by atomic mass is 35.5. The molecule has 0 spiro atoms. The van der Waals surface area contributed by atoms with Crippen LogP contribution >= 0.6 is 22.9 Å². The second-order valence-electron chi connectivity index (χ2n) is 4.96. The van der Waals surface area contributed by atoms with E-state index in [9.17, 15) is 4.79 Å². The van der Waals surface area contributed by atoms with Crippen molar-refractivity contribution in [3.63, 3.8) is 0 Å². The lowest BCUT2D eigenvalue weighted by Crippen LogP contribution is -2.35. The molecule has 2 rings (SSSR count). The second kappa shape index (κ2) is 6.02. The molecule has 18 heavy (non-hydrogen) atoms. The van der Waals surface area contributed by atoms with Gasteiger partial charge in [-0.3, -0.25) is 4.79 Å². The lowest BCUT2D eigenvalue weighted by Gasteiger charge is -2.34. The first-order valence-electron chi connectivity index (χ1n) is 6.50. The molecule has 0 atom stereocenters. The Balaban J connectivity index is 2.02. The monoisotopic (exact) mass is 286 g/mol. The largest absolute Gasteiger partial charge is 0.348 e. The van der Waals surface area contributed by atoms with Gasteiger partial charge in [0.25, 0.3) is 0 Å². The highest BCUT2D eigenvalue weighted by Crippen LogP contribution is 2.34. The minimum absolute atomic E-state index is 0.332. The molecule has 1 aliphatic carbocycles. The number of hydrogen-bond donors (Lipinski definition) is 0. The van der Waals surface area contributed by atoms with E-state index in [1.807, 2.05) is 0 Å². The SMILES string of the molecule is CCC1CCC(N(C)c2nc(Cl)c(C=O)s2)CC1. The molecule has 1 saturated carbocycles. The van der Waals surface area contributed by atoms with E-state index in [4.69, 9.17) is 11.6 Å². The molecule has 1 heterocycles. The van der Waals surface area contributed by atoms with Crippen molar-refractivity contribution in [2.24, 2.45) is 5.92 Å². The van der Waals surface area contributed by atoms with Gasteiger partial charge in [0, 0.05) is 13.1 Å². The Labute approximate surface area is 117 Å². The summed E-state index contributed by atoms with van der Waals surface area (Å²) in [6.45, 7) is 2.27. The molecule has 100 valence electrons. The summed E-state index contributed by atoms with van der Waals surface area (Å²) in [5.41, 5.74) is 0. The van der Waals surface area contributed by atoms with Crippen molar-refractivity contribution in [3.05, 3.63) is 10.0 Å². The van der Waals surface area contributed by atoms with E-state index in [1.54, 1.807) is 0 Å². The fourth-order valence-electron chi connectivity index (χ4n) is 2.62. The summed E-state index contributed by atoms with van der Waals surface area (Å²) in [5, 5.41) is 1.20. The third-order valence-corrected chi connectivity index (χ3v) is 5.42. The molecule has 0 aromatic carbocycles. The Morgan fingerprint density at radius 1 is 1.44 bits per heavy atom. The van der Waals surface area contributed by atoms with Crippen LogP contribution in [0.1, 0.15) is 48.7 Å². The van der Waals surface area contributed by atoms with Gasteiger partial charge in [0.05, 0.1) is 0 Å². The Morgan fingerprint density at radius 2 is 2.11 bits per heavy atom. The second-order valence-corrected chi connectivity index (χ2v) is 6.33. The number of carbonyl (C=O) groups is 1. The number of thiazole rings is 1. The molecule has 1 aromatic rings. The van der Waals surface area contributed by atoms with Gasteiger partial charge in [0.2, 0.25) is 0 Å². The molecule has 1 aliphatic rings. The molecule has 1 fully saturated rings. The van der Waals surface area contributed by atoms with E-state index in [0.717, 1.165) is 17.3 Å². The highest BCUT2D eigenvalue weighted by molar-refractivity contribution is 7.17. The lowest BCUT2D eigenvalue weighted by atomic mass is 9.84. The van der Waals surface area contributed by atoms with Crippen molar-refractivity contribution < 1.29 is 4.79 Å². The zero-order valence-corrected chi connectivity index (χ0v) is 12.4. The van der Waals surface area contributed by atoms with Crippen molar-refractivity contribution in [2.75, 3.05) is 11.9 Å². The summed E-state index contributed by atoms with van der Waals surface area (Å²) in [6.07, 6.45) is 7.09. The number of aldehydes is 1. The molecule has 0 N–H and O–H groups in total. The first kappa shape index (κ1) is 13.8. The number of rotatable bonds is 4. The number of carbonyl (C=O) groups excluding carboxylic acids is 1. The highest BCUT2D eigenvalue weighted by Gasteiger charge is 2.25. The molecular formula is C13H19ClN2OS. The van der Waals surface area contributed by atoms with Crippen LogP contribution in [0.4, 0.5) is 5.13 Å². The van der Waals surface area contributed by atoms with Crippen LogP contribution < -0.4 is 4.90 Å². The number of halogens is 1. The fraction of sp³-hybridized carbons (Fsp3) is 0.692. The quantitative estimate of drug-likeness (QED) is 0.784. The van der Waals surface area contributed by atoms with Crippen LogP contribution in [0.5, 0.6) is 0 Å². The Bertz CT molecular complexity index is 413. The third-order valence-electron chi connectivity index (χ3n) is 3.95. The van der Waals surface area contributed by atoms with Crippen LogP contribution in [0.25, 0.3) is 0 Å². The predicted molar refractivity (Wildman–Crippen MR) is 77.0 cm³/mol. The molecule has 5 heteroatoms. The van der Waals surface area contributed by atoms with Gasteiger partial charge in [-0.25, -0.2) is 4.98 Å². The Morgan fingerprint density at radius 3 is 2.61 bits per heavy atom. The number of hydrogen-bond acceptors (Lipinski definition) is 4. The van der Waals surface area contributed by atoms with Gasteiger partial charge in [-0.15, -0.1) is 0 Å². The lowest BCUT2D eigenvalue weighted by molar-refractivity contribution is 0.112. The molecule has 3 nitrogen and oxygen atoms in total.